The number of esters is 1. The molecular formula is C19H17BrN2O3. The molecule has 0 saturated carbocycles. The molecule has 0 spiro atoms. The van der Waals surface area contributed by atoms with Gasteiger partial charge in [0, 0.05) is 17.6 Å². The smallest absolute Gasteiger partial charge is 0.344 e. The first-order valence-corrected chi connectivity index (χ1v) is 8.49. The number of carbonyl (C=O) groups excluding carboxylic acids is 1. The van der Waals surface area contributed by atoms with Gasteiger partial charge in [-0.05, 0) is 43.3 Å². The minimum atomic E-state index is -0.440. The van der Waals surface area contributed by atoms with Gasteiger partial charge in [0.2, 0.25) is 5.88 Å². The van der Waals surface area contributed by atoms with Crippen LogP contribution in [-0.2, 0) is 11.3 Å². The first-order valence-electron chi connectivity index (χ1n) is 7.69. The van der Waals surface area contributed by atoms with E-state index in [9.17, 15) is 4.79 Å². The van der Waals surface area contributed by atoms with E-state index in [-0.39, 0.29) is 0 Å². The Bertz CT molecular complexity index is 871. The fourth-order valence-electron chi connectivity index (χ4n) is 2.31. The van der Waals surface area contributed by atoms with Crippen molar-refractivity contribution in [1.29, 1.82) is 0 Å². The van der Waals surface area contributed by atoms with Gasteiger partial charge in [0.1, 0.15) is 0 Å². The Morgan fingerprint density at radius 1 is 1.12 bits per heavy atom. The van der Waals surface area contributed by atoms with Gasteiger partial charge in [-0.1, -0.05) is 33.6 Å². The molecule has 0 fully saturated rings. The van der Waals surface area contributed by atoms with E-state index in [1.807, 2.05) is 31.2 Å². The van der Waals surface area contributed by atoms with Crippen LogP contribution in [-0.4, -0.2) is 22.9 Å². The standard InChI is InChI=1S/C19H17BrN2O3/c1-13-3-9-17(10-4-13)22-18(11-16(21-22)12-24-2)25-19(23)14-5-7-15(20)8-6-14/h3-11H,12H2,1-2H3. The van der Waals surface area contributed by atoms with E-state index in [4.69, 9.17) is 9.47 Å². The summed E-state index contributed by atoms with van der Waals surface area (Å²) in [5.41, 5.74) is 3.10. The molecule has 0 N–H and O–H groups in total. The third-order valence-electron chi connectivity index (χ3n) is 3.58. The number of carbonyl (C=O) groups is 1. The number of halogens is 1. The Morgan fingerprint density at radius 3 is 2.44 bits per heavy atom. The van der Waals surface area contributed by atoms with Crippen molar-refractivity contribution in [1.82, 2.24) is 9.78 Å². The molecule has 0 aliphatic rings. The van der Waals surface area contributed by atoms with E-state index in [0.717, 1.165) is 15.7 Å². The fourth-order valence-corrected chi connectivity index (χ4v) is 2.58. The minimum absolute atomic E-state index is 0.335. The van der Waals surface area contributed by atoms with Gasteiger partial charge >= 0.3 is 5.97 Å². The van der Waals surface area contributed by atoms with Crippen LogP contribution in [0.1, 0.15) is 21.6 Å². The molecule has 0 bridgehead atoms. The van der Waals surface area contributed by atoms with E-state index < -0.39 is 5.97 Å². The first kappa shape index (κ1) is 17.4. The molecule has 0 amide bonds. The summed E-state index contributed by atoms with van der Waals surface area (Å²) < 4.78 is 13.2. The molecule has 1 heterocycles. The van der Waals surface area contributed by atoms with Crippen molar-refractivity contribution in [3.63, 3.8) is 0 Å². The normalized spacial score (nSPS) is 10.7. The molecule has 0 unspecified atom stereocenters. The Balaban J connectivity index is 1.92. The van der Waals surface area contributed by atoms with Gasteiger partial charge in [-0.15, -0.1) is 0 Å². The maximum Gasteiger partial charge on any atom is 0.344 e. The van der Waals surface area contributed by atoms with Gasteiger partial charge in [0.15, 0.2) is 0 Å². The highest BCUT2D eigenvalue weighted by molar-refractivity contribution is 9.10. The minimum Gasteiger partial charge on any atom is -0.404 e. The van der Waals surface area contributed by atoms with E-state index in [0.29, 0.717) is 23.7 Å². The number of rotatable bonds is 5. The van der Waals surface area contributed by atoms with Crippen LogP contribution in [0, 0.1) is 6.92 Å². The van der Waals surface area contributed by atoms with E-state index in [2.05, 4.69) is 21.0 Å². The van der Waals surface area contributed by atoms with Crippen LogP contribution in [0.2, 0.25) is 0 Å². The van der Waals surface area contributed by atoms with Crippen LogP contribution in [0.5, 0.6) is 5.88 Å². The van der Waals surface area contributed by atoms with Crippen LogP contribution < -0.4 is 4.74 Å². The average molecular weight is 401 g/mol. The molecule has 0 radical (unpaired) electrons. The van der Waals surface area contributed by atoms with Crippen molar-refractivity contribution in [3.05, 3.63) is 75.9 Å². The topological polar surface area (TPSA) is 53.4 Å². The molecule has 0 aliphatic heterocycles. The van der Waals surface area contributed by atoms with Crippen molar-refractivity contribution < 1.29 is 14.3 Å². The number of nitrogens with zero attached hydrogens (tertiary/aromatic N) is 2. The number of aromatic nitrogens is 2. The zero-order valence-electron chi connectivity index (χ0n) is 13.9. The largest absolute Gasteiger partial charge is 0.404 e. The molecule has 25 heavy (non-hydrogen) atoms. The molecule has 0 atom stereocenters. The molecule has 0 aliphatic carbocycles. The second-order valence-electron chi connectivity index (χ2n) is 5.55. The van der Waals surface area contributed by atoms with Gasteiger partial charge in [0.25, 0.3) is 0 Å². The zero-order chi connectivity index (χ0) is 17.8. The second-order valence-corrected chi connectivity index (χ2v) is 6.47. The third-order valence-corrected chi connectivity index (χ3v) is 4.10. The maximum atomic E-state index is 12.4. The van der Waals surface area contributed by atoms with Crippen LogP contribution in [0.25, 0.3) is 5.69 Å². The molecule has 3 rings (SSSR count). The van der Waals surface area contributed by atoms with E-state index in [1.54, 1.807) is 42.1 Å². The summed E-state index contributed by atoms with van der Waals surface area (Å²) in [5, 5.41) is 4.47. The van der Waals surface area contributed by atoms with Gasteiger partial charge in [-0.3, -0.25) is 0 Å². The van der Waals surface area contributed by atoms with Gasteiger partial charge in [0.05, 0.1) is 23.6 Å². The number of hydrogen-bond acceptors (Lipinski definition) is 4. The molecule has 0 saturated heterocycles. The number of methoxy groups -OCH3 is 1. The number of hydrogen-bond donors (Lipinski definition) is 0. The fraction of sp³-hybridized carbons (Fsp3) is 0.158. The molecule has 3 aromatic rings. The Kier molecular flexibility index (Phi) is 5.31. The van der Waals surface area contributed by atoms with E-state index >= 15 is 0 Å². The molecule has 6 heteroatoms. The monoisotopic (exact) mass is 400 g/mol. The first-order chi connectivity index (χ1) is 12.1. The SMILES string of the molecule is COCc1cc(OC(=O)c2ccc(Br)cc2)n(-c2ccc(C)cc2)n1. The Morgan fingerprint density at radius 2 is 1.80 bits per heavy atom. The van der Waals surface area contributed by atoms with Gasteiger partial charge < -0.3 is 9.47 Å². The van der Waals surface area contributed by atoms with Crippen molar-refractivity contribution >= 4 is 21.9 Å². The lowest BCUT2D eigenvalue weighted by molar-refractivity contribution is 0.0723. The zero-order valence-corrected chi connectivity index (χ0v) is 15.5. The summed E-state index contributed by atoms with van der Waals surface area (Å²) in [7, 11) is 1.60. The lowest BCUT2D eigenvalue weighted by Crippen LogP contribution is -2.11. The van der Waals surface area contributed by atoms with Gasteiger partial charge in [-0.25, -0.2) is 9.48 Å². The summed E-state index contributed by atoms with van der Waals surface area (Å²) in [5.74, 6) is -0.0893. The molecular weight excluding hydrogens is 384 g/mol. The van der Waals surface area contributed by atoms with Crippen molar-refractivity contribution in [2.24, 2.45) is 0 Å². The summed E-state index contributed by atoms with van der Waals surface area (Å²) in [6, 6.07) is 16.5. The molecule has 1 aromatic heterocycles. The van der Waals surface area contributed by atoms with Crippen LogP contribution >= 0.6 is 15.9 Å². The summed E-state index contributed by atoms with van der Waals surface area (Å²) >= 11 is 3.35. The van der Waals surface area contributed by atoms with Crippen molar-refractivity contribution in [3.8, 4) is 11.6 Å². The van der Waals surface area contributed by atoms with E-state index in [1.165, 1.54) is 0 Å². The molecule has 2 aromatic carbocycles. The van der Waals surface area contributed by atoms with Gasteiger partial charge in [-0.2, -0.15) is 5.10 Å². The lowest BCUT2D eigenvalue weighted by Gasteiger charge is -2.08. The number of benzene rings is 2. The predicted molar refractivity (Wildman–Crippen MR) is 98.1 cm³/mol. The predicted octanol–water partition coefficient (Wildman–Crippen LogP) is 4.31. The third kappa shape index (κ3) is 4.15. The molecule has 128 valence electrons. The Hall–Kier alpha value is -2.44. The van der Waals surface area contributed by atoms with Crippen molar-refractivity contribution in [2.75, 3.05) is 7.11 Å². The highest BCUT2D eigenvalue weighted by Crippen LogP contribution is 2.22. The second kappa shape index (κ2) is 7.63. The van der Waals surface area contributed by atoms with Crippen LogP contribution in [0.4, 0.5) is 0 Å². The lowest BCUT2D eigenvalue weighted by atomic mass is 10.2. The highest BCUT2D eigenvalue weighted by atomic mass is 79.9. The average Bonchev–Trinajstić information content (AvgIpc) is 2.99. The quantitative estimate of drug-likeness (QED) is 0.598. The highest BCUT2D eigenvalue weighted by Gasteiger charge is 2.16. The summed E-state index contributed by atoms with van der Waals surface area (Å²) in [4.78, 5) is 12.4. The molecule has 5 nitrogen and oxygen atoms in total. The summed E-state index contributed by atoms with van der Waals surface area (Å²) in [6.45, 7) is 2.35. The van der Waals surface area contributed by atoms with Crippen LogP contribution in [0.15, 0.2) is 59.1 Å². The maximum absolute atomic E-state index is 12.4. The van der Waals surface area contributed by atoms with Crippen LogP contribution in [0.3, 0.4) is 0 Å². The summed E-state index contributed by atoms with van der Waals surface area (Å²) in [6.07, 6.45) is 0. The Labute approximate surface area is 154 Å². The van der Waals surface area contributed by atoms with Crippen molar-refractivity contribution in [2.45, 2.75) is 13.5 Å². The number of ether oxygens (including phenoxy) is 2. The number of aryl methyl sites for hydroxylation is 1.